The highest BCUT2D eigenvalue weighted by molar-refractivity contribution is 5.62. The Kier molecular flexibility index (Phi) is 3.47. The molecule has 4 heteroatoms. The van der Waals surface area contributed by atoms with E-state index in [1.54, 1.807) is 6.07 Å². The number of phenolic OH excluding ortho intramolecular Hbond substituents is 1. The third-order valence-electron chi connectivity index (χ3n) is 4.13. The average Bonchev–Trinajstić information content (AvgIpc) is 2.88. The molecule has 1 N–H and O–H groups in total. The first-order valence-electron chi connectivity index (χ1n) is 7.27. The van der Waals surface area contributed by atoms with Gasteiger partial charge in [0.1, 0.15) is 5.75 Å². The maximum atomic E-state index is 9.98. The zero-order valence-electron chi connectivity index (χ0n) is 12.0. The highest BCUT2D eigenvalue weighted by Gasteiger charge is 2.25. The molecule has 2 atom stereocenters. The molecule has 4 nitrogen and oxygen atoms in total. The molecule has 3 rings (SSSR count). The quantitative estimate of drug-likeness (QED) is 0.896. The fourth-order valence-corrected chi connectivity index (χ4v) is 3.00. The van der Waals surface area contributed by atoms with E-state index in [0.717, 1.165) is 30.1 Å². The number of aryl methyl sites for hydroxylation is 1. The number of nitrogens with zero attached hydrogens (tertiary/aromatic N) is 2. The molecule has 0 radical (unpaired) electrons. The Labute approximate surface area is 118 Å². The summed E-state index contributed by atoms with van der Waals surface area (Å²) in [7, 11) is 0. The first-order valence-corrected chi connectivity index (χ1v) is 7.27. The molecular formula is C16H20N2O2. The zero-order valence-corrected chi connectivity index (χ0v) is 12.0. The number of rotatable bonds is 2. The monoisotopic (exact) mass is 272 g/mol. The minimum Gasteiger partial charge on any atom is -0.507 e. The summed E-state index contributed by atoms with van der Waals surface area (Å²) in [5.74, 6) is 2.51. The Morgan fingerprint density at radius 1 is 1.30 bits per heavy atom. The summed E-state index contributed by atoms with van der Waals surface area (Å²) in [6.07, 6.45) is 4.77. The van der Waals surface area contributed by atoms with Crippen molar-refractivity contribution in [3.05, 3.63) is 29.6 Å². The van der Waals surface area contributed by atoms with Gasteiger partial charge in [0.2, 0.25) is 0 Å². The van der Waals surface area contributed by atoms with Crippen molar-refractivity contribution < 1.29 is 9.63 Å². The van der Waals surface area contributed by atoms with Gasteiger partial charge in [-0.25, -0.2) is 0 Å². The Hall–Kier alpha value is -1.84. The van der Waals surface area contributed by atoms with Crippen molar-refractivity contribution in [3.8, 4) is 17.2 Å². The van der Waals surface area contributed by atoms with Crippen LogP contribution in [0.15, 0.2) is 22.7 Å². The van der Waals surface area contributed by atoms with Gasteiger partial charge in [0, 0.05) is 5.92 Å². The van der Waals surface area contributed by atoms with Gasteiger partial charge in [-0.3, -0.25) is 0 Å². The molecule has 1 aliphatic rings. The number of hydrogen-bond acceptors (Lipinski definition) is 4. The van der Waals surface area contributed by atoms with Crippen LogP contribution in [0, 0.1) is 12.8 Å². The van der Waals surface area contributed by atoms with Crippen molar-refractivity contribution in [2.24, 2.45) is 5.92 Å². The fourth-order valence-electron chi connectivity index (χ4n) is 3.00. The van der Waals surface area contributed by atoms with Gasteiger partial charge >= 0.3 is 0 Å². The number of benzene rings is 1. The summed E-state index contributed by atoms with van der Waals surface area (Å²) < 4.78 is 5.34. The van der Waals surface area contributed by atoms with E-state index < -0.39 is 0 Å². The molecule has 2 aromatic rings. The molecule has 1 aromatic heterocycles. The summed E-state index contributed by atoms with van der Waals surface area (Å²) in [6, 6.07) is 5.47. The normalized spacial score (nSPS) is 22.9. The van der Waals surface area contributed by atoms with E-state index in [9.17, 15) is 5.11 Å². The predicted octanol–water partition coefficient (Wildman–Crippen LogP) is 4.04. The molecule has 0 spiro atoms. The molecular weight excluding hydrogens is 252 g/mol. The molecule has 0 amide bonds. The average molecular weight is 272 g/mol. The standard InChI is InChI=1S/C16H20N2O2/c1-10-4-3-5-12(8-10)15-17-16(20-18-15)13-7-6-11(2)9-14(13)19/h6-7,9-10,12,19H,3-5,8H2,1-2H3. The van der Waals surface area contributed by atoms with E-state index in [1.165, 1.54) is 12.8 Å². The van der Waals surface area contributed by atoms with E-state index in [-0.39, 0.29) is 5.75 Å². The molecule has 0 saturated heterocycles. The van der Waals surface area contributed by atoms with Crippen molar-refractivity contribution in [3.63, 3.8) is 0 Å². The van der Waals surface area contributed by atoms with Crippen LogP contribution >= 0.6 is 0 Å². The van der Waals surface area contributed by atoms with Crippen LogP contribution in [0.1, 0.15) is 49.9 Å². The van der Waals surface area contributed by atoms with Crippen LogP contribution in [-0.4, -0.2) is 15.2 Å². The highest BCUT2D eigenvalue weighted by atomic mass is 16.5. The molecule has 20 heavy (non-hydrogen) atoms. The van der Waals surface area contributed by atoms with Gasteiger partial charge in [0.05, 0.1) is 5.56 Å². The van der Waals surface area contributed by atoms with Gasteiger partial charge in [-0.05, 0) is 43.4 Å². The van der Waals surface area contributed by atoms with Crippen molar-refractivity contribution >= 4 is 0 Å². The topological polar surface area (TPSA) is 59.2 Å². The van der Waals surface area contributed by atoms with E-state index in [2.05, 4.69) is 17.1 Å². The van der Waals surface area contributed by atoms with Crippen molar-refractivity contribution in [1.29, 1.82) is 0 Å². The van der Waals surface area contributed by atoms with Crippen molar-refractivity contribution in [1.82, 2.24) is 10.1 Å². The largest absolute Gasteiger partial charge is 0.507 e. The van der Waals surface area contributed by atoms with Crippen molar-refractivity contribution in [2.45, 2.75) is 45.4 Å². The zero-order chi connectivity index (χ0) is 14.1. The Balaban J connectivity index is 1.86. The Morgan fingerprint density at radius 3 is 2.90 bits per heavy atom. The van der Waals surface area contributed by atoms with E-state index >= 15 is 0 Å². The second-order valence-electron chi connectivity index (χ2n) is 5.95. The SMILES string of the molecule is Cc1ccc(-c2nc(C3CCCC(C)C3)no2)c(O)c1. The third-order valence-corrected chi connectivity index (χ3v) is 4.13. The molecule has 106 valence electrons. The van der Waals surface area contributed by atoms with Gasteiger partial charge in [0.25, 0.3) is 5.89 Å². The summed E-state index contributed by atoms with van der Waals surface area (Å²) in [5, 5.41) is 14.1. The van der Waals surface area contributed by atoms with Crippen molar-refractivity contribution in [2.75, 3.05) is 0 Å². The van der Waals surface area contributed by atoms with Gasteiger partial charge in [0.15, 0.2) is 5.82 Å². The van der Waals surface area contributed by atoms with Crippen LogP contribution in [0.5, 0.6) is 5.75 Å². The fraction of sp³-hybridized carbons (Fsp3) is 0.500. The highest BCUT2D eigenvalue weighted by Crippen LogP contribution is 2.36. The number of aromatic hydroxyl groups is 1. The summed E-state index contributed by atoms with van der Waals surface area (Å²) >= 11 is 0. The van der Waals surface area contributed by atoms with Crippen LogP contribution in [0.3, 0.4) is 0 Å². The number of phenols is 1. The van der Waals surface area contributed by atoms with Gasteiger partial charge < -0.3 is 9.63 Å². The lowest BCUT2D eigenvalue weighted by atomic mass is 9.82. The molecule has 1 saturated carbocycles. The predicted molar refractivity (Wildman–Crippen MR) is 76.5 cm³/mol. The van der Waals surface area contributed by atoms with Gasteiger partial charge in [-0.2, -0.15) is 4.98 Å². The Bertz CT molecular complexity index is 606. The van der Waals surface area contributed by atoms with Crippen LogP contribution in [0.2, 0.25) is 0 Å². The first kappa shape index (κ1) is 13.2. The second-order valence-corrected chi connectivity index (χ2v) is 5.95. The molecule has 0 bridgehead atoms. The second kappa shape index (κ2) is 5.27. The lowest BCUT2D eigenvalue weighted by Gasteiger charge is -2.23. The lowest BCUT2D eigenvalue weighted by Crippen LogP contribution is -2.12. The maximum absolute atomic E-state index is 9.98. The lowest BCUT2D eigenvalue weighted by molar-refractivity contribution is 0.324. The molecule has 1 aliphatic carbocycles. The van der Waals surface area contributed by atoms with Gasteiger partial charge in [-0.1, -0.05) is 31.0 Å². The molecule has 1 aromatic carbocycles. The first-order chi connectivity index (χ1) is 9.63. The van der Waals surface area contributed by atoms with Crippen LogP contribution in [-0.2, 0) is 0 Å². The summed E-state index contributed by atoms with van der Waals surface area (Å²) in [4.78, 5) is 4.49. The van der Waals surface area contributed by atoms with E-state index in [1.807, 2.05) is 19.1 Å². The molecule has 2 unspecified atom stereocenters. The maximum Gasteiger partial charge on any atom is 0.261 e. The molecule has 1 heterocycles. The summed E-state index contributed by atoms with van der Waals surface area (Å²) in [6.45, 7) is 4.21. The number of hydrogen-bond donors (Lipinski definition) is 1. The Morgan fingerprint density at radius 2 is 2.15 bits per heavy atom. The van der Waals surface area contributed by atoms with Crippen LogP contribution < -0.4 is 0 Å². The minimum absolute atomic E-state index is 0.192. The number of aromatic nitrogens is 2. The van der Waals surface area contributed by atoms with Crippen LogP contribution in [0.4, 0.5) is 0 Å². The molecule has 0 aliphatic heterocycles. The van der Waals surface area contributed by atoms with E-state index in [4.69, 9.17) is 4.52 Å². The minimum atomic E-state index is 0.192. The van der Waals surface area contributed by atoms with E-state index in [0.29, 0.717) is 17.4 Å². The smallest absolute Gasteiger partial charge is 0.261 e. The molecule has 1 fully saturated rings. The third kappa shape index (κ3) is 2.55. The van der Waals surface area contributed by atoms with Gasteiger partial charge in [-0.15, -0.1) is 0 Å². The summed E-state index contributed by atoms with van der Waals surface area (Å²) in [5.41, 5.74) is 1.62. The van der Waals surface area contributed by atoms with Crippen LogP contribution in [0.25, 0.3) is 11.5 Å².